The van der Waals surface area contributed by atoms with E-state index in [1.54, 1.807) is 7.11 Å². The van der Waals surface area contributed by atoms with Crippen molar-refractivity contribution in [3.63, 3.8) is 0 Å². The minimum atomic E-state index is -0.926. The molecule has 0 aliphatic carbocycles. The molecule has 0 spiro atoms. The first-order valence-electron chi connectivity index (χ1n) is 4.08. The van der Waals surface area contributed by atoms with Crippen LogP contribution in [-0.4, -0.2) is 19.7 Å². The third kappa shape index (κ3) is 5.18. The average Bonchev–Trinajstić information content (AvgIpc) is 2.01. The summed E-state index contributed by atoms with van der Waals surface area (Å²) in [5.41, 5.74) is 0. The van der Waals surface area contributed by atoms with Crippen LogP contribution < -0.4 is 0 Å². The molecule has 0 bridgehead atoms. The van der Waals surface area contributed by atoms with E-state index >= 15 is 0 Å². The minimum absolute atomic E-state index is 0.330. The van der Waals surface area contributed by atoms with Crippen molar-refractivity contribution in [3.8, 4) is 0 Å². The number of rotatable bonds is 6. The first-order chi connectivity index (χ1) is 5.24. The Morgan fingerprint density at radius 1 is 1.36 bits per heavy atom. The van der Waals surface area contributed by atoms with Crippen molar-refractivity contribution < 1.29 is 14.6 Å². The molecule has 0 aliphatic rings. The molecular weight excluding hydrogens is 144 g/mol. The van der Waals surface area contributed by atoms with E-state index < -0.39 is 6.29 Å². The van der Waals surface area contributed by atoms with Gasteiger partial charge >= 0.3 is 0 Å². The fraction of sp³-hybridized carbons (Fsp3) is 1.00. The van der Waals surface area contributed by atoms with Crippen molar-refractivity contribution >= 4 is 0 Å². The highest BCUT2D eigenvalue weighted by Gasteiger charge is 2.11. The molecule has 11 heavy (non-hydrogen) atoms. The van der Waals surface area contributed by atoms with Gasteiger partial charge in [0.1, 0.15) is 0 Å². The second-order valence-electron chi connectivity index (χ2n) is 2.43. The monoisotopic (exact) mass is 161 g/mol. The van der Waals surface area contributed by atoms with Crippen molar-refractivity contribution in [3.05, 3.63) is 0 Å². The molecule has 1 radical (unpaired) electrons. The van der Waals surface area contributed by atoms with Gasteiger partial charge in [-0.1, -0.05) is 20.3 Å². The molecule has 0 fully saturated rings. The van der Waals surface area contributed by atoms with Gasteiger partial charge in [-0.15, -0.1) is 0 Å². The van der Waals surface area contributed by atoms with Crippen LogP contribution in [0, 0.1) is 0 Å². The van der Waals surface area contributed by atoms with Crippen molar-refractivity contribution in [1.29, 1.82) is 0 Å². The highest BCUT2D eigenvalue weighted by atomic mass is 16.7. The lowest BCUT2D eigenvalue weighted by Crippen LogP contribution is -2.21. The molecule has 0 heterocycles. The van der Waals surface area contributed by atoms with E-state index in [4.69, 9.17) is 9.47 Å². The molecule has 0 amide bonds. The Morgan fingerprint density at radius 2 is 2.00 bits per heavy atom. The van der Waals surface area contributed by atoms with Crippen LogP contribution in [0.25, 0.3) is 0 Å². The van der Waals surface area contributed by atoms with E-state index in [-0.39, 0.29) is 6.29 Å². The summed E-state index contributed by atoms with van der Waals surface area (Å²) in [4.78, 5) is 0. The van der Waals surface area contributed by atoms with Gasteiger partial charge in [0, 0.05) is 13.5 Å². The normalized spacial score (nSPS) is 16.4. The fourth-order valence-corrected chi connectivity index (χ4v) is 0.791. The first-order valence-corrected chi connectivity index (χ1v) is 4.08. The predicted molar refractivity (Wildman–Crippen MR) is 41.6 cm³/mol. The van der Waals surface area contributed by atoms with Gasteiger partial charge in [-0.25, -0.2) is 5.11 Å². The van der Waals surface area contributed by atoms with Crippen LogP contribution in [0.4, 0.5) is 0 Å². The first kappa shape index (κ1) is 10.9. The highest BCUT2D eigenvalue weighted by molar-refractivity contribution is 4.43. The molecule has 0 saturated heterocycles. The second kappa shape index (κ2) is 6.58. The van der Waals surface area contributed by atoms with Crippen LogP contribution in [0.2, 0.25) is 0 Å². The van der Waals surface area contributed by atoms with Crippen LogP contribution in [0.3, 0.4) is 0 Å². The van der Waals surface area contributed by atoms with E-state index in [2.05, 4.69) is 0 Å². The Hall–Kier alpha value is -0.120. The van der Waals surface area contributed by atoms with Crippen LogP contribution in [0.15, 0.2) is 0 Å². The van der Waals surface area contributed by atoms with Gasteiger partial charge in [-0.3, -0.25) is 0 Å². The Morgan fingerprint density at radius 3 is 2.36 bits per heavy atom. The summed E-state index contributed by atoms with van der Waals surface area (Å²) in [6.45, 7) is 3.88. The Kier molecular flexibility index (Phi) is 6.51. The molecule has 3 heteroatoms. The standard InChI is InChI=1S/C8H17O3/c1-4-6-7(9)11-8(5-2)10-3/h7-8H,4-6H2,1-3H3. The summed E-state index contributed by atoms with van der Waals surface area (Å²) < 4.78 is 9.91. The molecule has 67 valence electrons. The summed E-state index contributed by atoms with van der Waals surface area (Å²) in [6.07, 6.45) is 0.876. The maximum atomic E-state index is 11.0. The number of hydrogen-bond donors (Lipinski definition) is 0. The van der Waals surface area contributed by atoms with E-state index in [0.717, 1.165) is 12.8 Å². The molecule has 0 rings (SSSR count). The third-order valence-corrected chi connectivity index (χ3v) is 1.42. The molecule has 0 aromatic rings. The van der Waals surface area contributed by atoms with Crippen LogP contribution in [-0.2, 0) is 14.6 Å². The van der Waals surface area contributed by atoms with E-state index in [9.17, 15) is 5.11 Å². The molecular formula is C8H17O3. The summed E-state index contributed by atoms with van der Waals surface area (Å²) in [7, 11) is 1.55. The summed E-state index contributed by atoms with van der Waals surface area (Å²) in [6, 6.07) is 0. The summed E-state index contributed by atoms with van der Waals surface area (Å²) in [5.74, 6) is 0. The lowest BCUT2D eigenvalue weighted by atomic mass is 10.3. The zero-order valence-corrected chi connectivity index (χ0v) is 7.50. The van der Waals surface area contributed by atoms with Gasteiger partial charge in [-0.05, 0) is 6.42 Å². The van der Waals surface area contributed by atoms with Crippen molar-refractivity contribution in [2.75, 3.05) is 7.11 Å². The van der Waals surface area contributed by atoms with Crippen LogP contribution in [0.5, 0.6) is 0 Å². The Bertz CT molecular complexity index is 81.4. The smallest absolute Gasteiger partial charge is 0.194 e. The number of methoxy groups -OCH3 is 1. The summed E-state index contributed by atoms with van der Waals surface area (Å²) >= 11 is 0. The Labute approximate surface area is 68.3 Å². The second-order valence-corrected chi connectivity index (χ2v) is 2.43. The maximum absolute atomic E-state index is 11.0. The van der Waals surface area contributed by atoms with Crippen LogP contribution >= 0.6 is 0 Å². The van der Waals surface area contributed by atoms with Crippen molar-refractivity contribution in [2.24, 2.45) is 0 Å². The lowest BCUT2D eigenvalue weighted by Gasteiger charge is -2.16. The fourth-order valence-electron chi connectivity index (χ4n) is 0.791. The topological polar surface area (TPSA) is 38.4 Å². The van der Waals surface area contributed by atoms with Crippen LogP contribution in [0.1, 0.15) is 33.1 Å². The molecule has 0 N–H and O–H groups in total. The zero-order valence-electron chi connectivity index (χ0n) is 7.50. The van der Waals surface area contributed by atoms with Gasteiger partial charge in [0.15, 0.2) is 12.6 Å². The molecule has 2 atom stereocenters. The van der Waals surface area contributed by atoms with Crippen molar-refractivity contribution in [2.45, 2.75) is 45.7 Å². The minimum Gasteiger partial charge on any atom is -0.356 e. The largest absolute Gasteiger partial charge is 0.356 e. The molecule has 0 aromatic carbocycles. The highest BCUT2D eigenvalue weighted by Crippen LogP contribution is 2.06. The predicted octanol–water partition coefficient (Wildman–Crippen LogP) is 1.94. The molecule has 3 nitrogen and oxygen atoms in total. The SMILES string of the molecule is CCCC([O])OC(CC)OC. The maximum Gasteiger partial charge on any atom is 0.194 e. The zero-order chi connectivity index (χ0) is 8.69. The van der Waals surface area contributed by atoms with E-state index in [1.807, 2.05) is 13.8 Å². The van der Waals surface area contributed by atoms with Gasteiger partial charge in [0.25, 0.3) is 0 Å². The van der Waals surface area contributed by atoms with Crippen molar-refractivity contribution in [1.82, 2.24) is 0 Å². The lowest BCUT2D eigenvalue weighted by molar-refractivity contribution is -0.241. The molecule has 2 unspecified atom stereocenters. The Balaban J connectivity index is 3.44. The molecule has 0 aromatic heterocycles. The van der Waals surface area contributed by atoms with Gasteiger partial charge in [0.2, 0.25) is 0 Å². The molecule has 0 aliphatic heterocycles. The van der Waals surface area contributed by atoms with Gasteiger partial charge < -0.3 is 9.47 Å². The van der Waals surface area contributed by atoms with Gasteiger partial charge in [0.05, 0.1) is 0 Å². The number of ether oxygens (including phenoxy) is 2. The summed E-state index contributed by atoms with van der Waals surface area (Å²) in [5, 5.41) is 11.0. The quantitative estimate of drug-likeness (QED) is 0.558. The third-order valence-electron chi connectivity index (χ3n) is 1.42. The van der Waals surface area contributed by atoms with E-state index in [0.29, 0.717) is 6.42 Å². The number of hydrogen-bond acceptors (Lipinski definition) is 2. The van der Waals surface area contributed by atoms with E-state index in [1.165, 1.54) is 0 Å². The van der Waals surface area contributed by atoms with Gasteiger partial charge in [-0.2, -0.15) is 0 Å². The average molecular weight is 161 g/mol. The molecule has 0 saturated carbocycles.